The van der Waals surface area contributed by atoms with Crippen LogP contribution in [0.5, 0.6) is 0 Å². The molecule has 0 saturated heterocycles. The molecule has 3 heteroatoms. The predicted octanol–water partition coefficient (Wildman–Crippen LogP) is 2.86. The van der Waals surface area contributed by atoms with Gasteiger partial charge in [0.25, 0.3) is 0 Å². The van der Waals surface area contributed by atoms with Crippen molar-refractivity contribution in [1.29, 1.82) is 0 Å². The highest BCUT2D eigenvalue weighted by molar-refractivity contribution is 7.09. The van der Waals surface area contributed by atoms with Crippen molar-refractivity contribution in [3.05, 3.63) is 16.1 Å². The van der Waals surface area contributed by atoms with Gasteiger partial charge in [-0.2, -0.15) is 0 Å². The molecule has 0 bridgehead atoms. The van der Waals surface area contributed by atoms with Crippen LogP contribution in [-0.4, -0.2) is 10.8 Å². The molecule has 0 unspecified atom stereocenters. The highest BCUT2D eigenvalue weighted by atomic mass is 32.1. The summed E-state index contributed by atoms with van der Waals surface area (Å²) in [5, 5.41) is 3.12. The van der Waals surface area contributed by atoms with Gasteiger partial charge in [0.1, 0.15) is 5.78 Å². The Morgan fingerprint density at radius 3 is 2.64 bits per heavy atom. The number of thiazole rings is 1. The number of Topliss-reactive ketones (excluding diaryl/α,β-unsaturated/α-hetero) is 1. The number of hydrogen-bond donors (Lipinski definition) is 0. The molecular weight excluding hydrogens is 194 g/mol. The number of hydrogen-bond acceptors (Lipinski definition) is 3. The quantitative estimate of drug-likeness (QED) is 0.769. The van der Waals surface area contributed by atoms with Crippen molar-refractivity contribution in [2.45, 2.75) is 40.5 Å². The number of aromatic nitrogens is 1. The molecule has 0 fully saturated rings. The minimum atomic E-state index is 0.178. The second kappa shape index (κ2) is 4.22. The van der Waals surface area contributed by atoms with E-state index in [1.54, 1.807) is 18.3 Å². The molecule has 14 heavy (non-hydrogen) atoms. The smallest absolute Gasteiger partial charge is 0.135 e. The fraction of sp³-hybridized carbons (Fsp3) is 0.636. The Hall–Kier alpha value is -0.700. The van der Waals surface area contributed by atoms with E-state index in [4.69, 9.17) is 0 Å². The molecule has 0 N–H and O–H groups in total. The molecule has 0 amide bonds. The van der Waals surface area contributed by atoms with Gasteiger partial charge in [-0.25, -0.2) is 4.98 Å². The maximum absolute atomic E-state index is 10.9. The number of carbonyl (C=O) groups excluding carboxylic acids is 1. The fourth-order valence-corrected chi connectivity index (χ4v) is 2.31. The SMILES string of the molecule is CC(=O)Cc1csc(CC(C)(C)C)n1. The van der Waals surface area contributed by atoms with Crippen molar-refractivity contribution in [2.75, 3.05) is 0 Å². The first-order chi connectivity index (χ1) is 6.37. The highest BCUT2D eigenvalue weighted by Gasteiger charge is 2.14. The number of rotatable bonds is 3. The van der Waals surface area contributed by atoms with Crippen LogP contribution in [0.25, 0.3) is 0 Å². The van der Waals surface area contributed by atoms with Gasteiger partial charge in [-0.15, -0.1) is 11.3 Å². The molecule has 78 valence electrons. The molecule has 0 atom stereocenters. The van der Waals surface area contributed by atoms with Crippen LogP contribution in [0.1, 0.15) is 38.4 Å². The molecule has 1 aromatic rings. The molecule has 2 nitrogen and oxygen atoms in total. The standard InChI is InChI=1S/C11H17NOS/c1-8(13)5-9-7-14-10(12-9)6-11(2,3)4/h7H,5-6H2,1-4H3. The Balaban J connectivity index is 2.64. The van der Waals surface area contributed by atoms with Gasteiger partial charge in [0.05, 0.1) is 10.7 Å². The Kier molecular flexibility index (Phi) is 3.43. The minimum absolute atomic E-state index is 0.178. The molecule has 1 aromatic heterocycles. The molecule has 0 aliphatic rings. The highest BCUT2D eigenvalue weighted by Crippen LogP contribution is 2.22. The van der Waals surface area contributed by atoms with Gasteiger partial charge in [-0.1, -0.05) is 20.8 Å². The van der Waals surface area contributed by atoms with Crippen molar-refractivity contribution >= 4 is 17.1 Å². The van der Waals surface area contributed by atoms with Crippen LogP contribution in [-0.2, 0) is 17.6 Å². The second-order valence-electron chi connectivity index (χ2n) is 4.85. The molecule has 0 aliphatic heterocycles. The van der Waals surface area contributed by atoms with Gasteiger partial charge in [0.15, 0.2) is 0 Å². The van der Waals surface area contributed by atoms with E-state index in [-0.39, 0.29) is 11.2 Å². The van der Waals surface area contributed by atoms with E-state index in [1.807, 2.05) is 5.38 Å². The zero-order chi connectivity index (χ0) is 10.8. The van der Waals surface area contributed by atoms with Crippen molar-refractivity contribution in [3.63, 3.8) is 0 Å². The first-order valence-corrected chi connectivity index (χ1v) is 5.67. The van der Waals surface area contributed by atoms with E-state index < -0.39 is 0 Å². The van der Waals surface area contributed by atoms with Crippen LogP contribution in [0.15, 0.2) is 5.38 Å². The van der Waals surface area contributed by atoms with E-state index in [9.17, 15) is 4.79 Å². The summed E-state index contributed by atoms with van der Waals surface area (Å²) in [5.74, 6) is 0.178. The molecule has 0 saturated carbocycles. The van der Waals surface area contributed by atoms with Crippen molar-refractivity contribution in [3.8, 4) is 0 Å². The van der Waals surface area contributed by atoms with Crippen LogP contribution in [0.4, 0.5) is 0 Å². The zero-order valence-electron chi connectivity index (χ0n) is 9.26. The third kappa shape index (κ3) is 4.01. The average molecular weight is 211 g/mol. The number of ketones is 1. The van der Waals surface area contributed by atoms with Crippen molar-refractivity contribution < 1.29 is 4.79 Å². The Bertz CT molecular complexity index is 322. The van der Waals surface area contributed by atoms with Gasteiger partial charge < -0.3 is 0 Å². The largest absolute Gasteiger partial charge is 0.300 e. The van der Waals surface area contributed by atoms with E-state index in [2.05, 4.69) is 25.8 Å². The summed E-state index contributed by atoms with van der Waals surface area (Å²) >= 11 is 1.66. The van der Waals surface area contributed by atoms with Gasteiger partial charge in [0.2, 0.25) is 0 Å². The first kappa shape index (κ1) is 11.4. The molecule has 0 spiro atoms. The summed E-state index contributed by atoms with van der Waals surface area (Å²) in [6.07, 6.45) is 1.45. The Morgan fingerprint density at radius 2 is 2.14 bits per heavy atom. The fourth-order valence-electron chi connectivity index (χ4n) is 1.22. The lowest BCUT2D eigenvalue weighted by molar-refractivity contribution is -0.116. The van der Waals surface area contributed by atoms with Gasteiger partial charge in [-0.05, 0) is 12.3 Å². The summed E-state index contributed by atoms with van der Waals surface area (Å²) in [7, 11) is 0. The van der Waals surface area contributed by atoms with Gasteiger partial charge in [-0.3, -0.25) is 4.79 Å². The topological polar surface area (TPSA) is 30.0 Å². The maximum atomic E-state index is 10.9. The second-order valence-corrected chi connectivity index (χ2v) is 5.79. The molecule has 1 heterocycles. The molecule has 1 rings (SSSR count). The molecular formula is C11H17NOS. The predicted molar refractivity (Wildman–Crippen MR) is 59.7 cm³/mol. The lowest BCUT2D eigenvalue weighted by Gasteiger charge is -2.15. The molecule has 0 aromatic carbocycles. The summed E-state index contributed by atoms with van der Waals surface area (Å²) < 4.78 is 0. The van der Waals surface area contributed by atoms with Crippen LogP contribution in [0, 0.1) is 5.41 Å². The normalized spacial score (nSPS) is 11.7. The lowest BCUT2D eigenvalue weighted by Crippen LogP contribution is -2.09. The van der Waals surface area contributed by atoms with Gasteiger partial charge >= 0.3 is 0 Å². The Morgan fingerprint density at radius 1 is 1.50 bits per heavy atom. The van der Waals surface area contributed by atoms with E-state index in [0.29, 0.717) is 6.42 Å². The van der Waals surface area contributed by atoms with Crippen molar-refractivity contribution in [2.24, 2.45) is 5.41 Å². The Labute approximate surface area is 89.4 Å². The molecule has 0 radical (unpaired) electrons. The minimum Gasteiger partial charge on any atom is -0.300 e. The lowest BCUT2D eigenvalue weighted by atomic mass is 9.93. The maximum Gasteiger partial charge on any atom is 0.135 e. The monoisotopic (exact) mass is 211 g/mol. The van der Waals surface area contributed by atoms with Crippen LogP contribution >= 0.6 is 11.3 Å². The third-order valence-corrected chi connectivity index (χ3v) is 2.61. The summed E-state index contributed by atoms with van der Waals surface area (Å²) in [4.78, 5) is 15.3. The van der Waals surface area contributed by atoms with Crippen LogP contribution < -0.4 is 0 Å². The van der Waals surface area contributed by atoms with E-state index in [1.165, 1.54) is 0 Å². The number of carbonyl (C=O) groups is 1. The van der Waals surface area contributed by atoms with E-state index >= 15 is 0 Å². The number of nitrogens with zero attached hydrogens (tertiary/aromatic N) is 1. The first-order valence-electron chi connectivity index (χ1n) is 4.79. The summed E-state index contributed by atoms with van der Waals surface area (Å²) in [5.41, 5.74) is 1.19. The van der Waals surface area contributed by atoms with Crippen LogP contribution in [0.3, 0.4) is 0 Å². The van der Waals surface area contributed by atoms with E-state index in [0.717, 1.165) is 17.1 Å². The summed E-state index contributed by atoms with van der Waals surface area (Å²) in [6.45, 7) is 8.18. The molecule has 0 aliphatic carbocycles. The van der Waals surface area contributed by atoms with Gasteiger partial charge in [0, 0.05) is 18.2 Å². The third-order valence-electron chi connectivity index (χ3n) is 1.71. The zero-order valence-corrected chi connectivity index (χ0v) is 10.1. The average Bonchev–Trinajstić information content (AvgIpc) is 2.30. The van der Waals surface area contributed by atoms with Crippen molar-refractivity contribution in [1.82, 2.24) is 4.98 Å². The van der Waals surface area contributed by atoms with Crippen LogP contribution in [0.2, 0.25) is 0 Å². The summed E-state index contributed by atoms with van der Waals surface area (Å²) in [6, 6.07) is 0.